The Morgan fingerprint density at radius 1 is 0.946 bits per heavy atom. The molecule has 1 saturated heterocycles. The molecule has 1 aliphatic heterocycles. The first-order valence-electron chi connectivity index (χ1n) is 12.6. The van der Waals surface area contributed by atoms with E-state index >= 15 is 0 Å². The molecule has 0 saturated carbocycles. The second-order valence-electron chi connectivity index (χ2n) is 9.35. The Labute approximate surface area is 218 Å². The van der Waals surface area contributed by atoms with Crippen molar-refractivity contribution in [3.05, 3.63) is 94.6 Å². The zero-order valence-electron chi connectivity index (χ0n) is 21.9. The lowest BCUT2D eigenvalue weighted by Crippen LogP contribution is -2.29. The third kappa shape index (κ3) is 5.10. The van der Waals surface area contributed by atoms with E-state index in [1.165, 1.54) is 4.90 Å². The second kappa shape index (κ2) is 10.9. The molecule has 0 bridgehead atoms. The van der Waals surface area contributed by atoms with Gasteiger partial charge in [-0.3, -0.25) is 14.5 Å². The second-order valence-corrected chi connectivity index (χ2v) is 9.35. The zero-order valence-corrected chi connectivity index (χ0v) is 21.9. The van der Waals surface area contributed by atoms with Crippen LogP contribution in [0.15, 0.2) is 72.3 Å². The fourth-order valence-corrected chi connectivity index (χ4v) is 4.65. The molecule has 1 fully saturated rings. The summed E-state index contributed by atoms with van der Waals surface area (Å²) in [5, 5.41) is 11.6. The molecule has 0 aromatic heterocycles. The van der Waals surface area contributed by atoms with Gasteiger partial charge >= 0.3 is 0 Å². The van der Waals surface area contributed by atoms with Gasteiger partial charge in [0.1, 0.15) is 17.3 Å². The quantitative estimate of drug-likeness (QED) is 0.216. The zero-order chi connectivity index (χ0) is 26.7. The van der Waals surface area contributed by atoms with E-state index in [2.05, 4.69) is 13.8 Å². The molecule has 1 N–H and O–H groups in total. The fourth-order valence-electron chi connectivity index (χ4n) is 4.65. The monoisotopic (exact) mass is 499 g/mol. The largest absolute Gasteiger partial charge is 0.507 e. The van der Waals surface area contributed by atoms with Crippen LogP contribution in [0.2, 0.25) is 0 Å². The van der Waals surface area contributed by atoms with E-state index in [1.807, 2.05) is 69.3 Å². The maximum atomic E-state index is 13.5. The van der Waals surface area contributed by atoms with Gasteiger partial charge in [-0.25, -0.2) is 0 Å². The van der Waals surface area contributed by atoms with Gasteiger partial charge in [-0.05, 0) is 62.1 Å². The molecule has 0 aliphatic carbocycles. The molecule has 37 heavy (non-hydrogen) atoms. The van der Waals surface area contributed by atoms with Crippen LogP contribution in [-0.2, 0) is 9.59 Å². The van der Waals surface area contributed by atoms with Crippen molar-refractivity contribution in [3.8, 4) is 11.5 Å². The number of ketones is 1. The maximum absolute atomic E-state index is 13.5. The molecule has 3 aromatic carbocycles. The van der Waals surface area contributed by atoms with Gasteiger partial charge in [-0.15, -0.1) is 0 Å². The van der Waals surface area contributed by atoms with Gasteiger partial charge in [-0.2, -0.15) is 0 Å². The van der Waals surface area contributed by atoms with Crippen molar-refractivity contribution in [2.75, 3.05) is 18.1 Å². The Hall–Kier alpha value is -4.06. The number of amides is 1. The van der Waals surface area contributed by atoms with Gasteiger partial charge in [-0.1, -0.05) is 55.8 Å². The Kier molecular flexibility index (Phi) is 7.67. The summed E-state index contributed by atoms with van der Waals surface area (Å²) >= 11 is 0. The van der Waals surface area contributed by atoms with Gasteiger partial charge in [0, 0.05) is 11.8 Å². The van der Waals surface area contributed by atoms with Crippen LogP contribution in [-0.4, -0.2) is 30.0 Å². The summed E-state index contributed by atoms with van der Waals surface area (Å²) in [6, 6.07) is 19.5. The molecule has 0 radical (unpaired) electrons. The Bertz CT molecular complexity index is 1340. The van der Waals surface area contributed by atoms with Crippen LogP contribution in [0, 0.1) is 6.92 Å². The van der Waals surface area contributed by atoms with E-state index in [1.54, 1.807) is 18.2 Å². The molecule has 0 spiro atoms. The summed E-state index contributed by atoms with van der Waals surface area (Å²) in [5.41, 5.74) is 3.79. The molecule has 1 unspecified atom stereocenters. The van der Waals surface area contributed by atoms with Crippen LogP contribution in [0.3, 0.4) is 0 Å². The molecule has 1 atom stereocenters. The minimum Gasteiger partial charge on any atom is -0.507 e. The van der Waals surface area contributed by atoms with Crippen molar-refractivity contribution in [3.63, 3.8) is 0 Å². The minimum absolute atomic E-state index is 0.0219. The number of carbonyl (C=O) groups is 2. The summed E-state index contributed by atoms with van der Waals surface area (Å²) in [4.78, 5) is 28.5. The van der Waals surface area contributed by atoms with Gasteiger partial charge < -0.3 is 14.6 Å². The molecule has 6 nitrogen and oxygen atoms in total. The van der Waals surface area contributed by atoms with Crippen molar-refractivity contribution < 1.29 is 24.2 Å². The van der Waals surface area contributed by atoms with E-state index in [9.17, 15) is 14.7 Å². The van der Waals surface area contributed by atoms with E-state index in [0.717, 1.165) is 16.7 Å². The third-order valence-electron chi connectivity index (χ3n) is 6.46. The molecular weight excluding hydrogens is 466 g/mol. The SMILES string of the molecule is CCOc1ccc(/C(O)=C2/C(=O)C(=O)N(c3ccc(C(C)C)cc3)C2c2cccc(C)c2)c(OCC)c1. The fraction of sp³-hybridized carbons (Fsp3) is 0.290. The average molecular weight is 500 g/mol. The number of Topliss-reactive ketones (excluding diaryl/α,β-unsaturated/α-hetero) is 1. The predicted molar refractivity (Wildman–Crippen MR) is 145 cm³/mol. The van der Waals surface area contributed by atoms with Crippen molar-refractivity contribution in [2.45, 2.75) is 46.6 Å². The number of carbonyl (C=O) groups excluding carboxylic acids is 2. The van der Waals surface area contributed by atoms with E-state index in [4.69, 9.17) is 9.47 Å². The molecule has 1 heterocycles. The smallest absolute Gasteiger partial charge is 0.300 e. The molecular formula is C31H33NO5. The van der Waals surface area contributed by atoms with Crippen LogP contribution >= 0.6 is 0 Å². The van der Waals surface area contributed by atoms with Gasteiger partial charge in [0.05, 0.1) is 30.4 Å². The van der Waals surface area contributed by atoms with Crippen molar-refractivity contribution in [2.24, 2.45) is 0 Å². The molecule has 1 aliphatic rings. The number of rotatable bonds is 8. The topological polar surface area (TPSA) is 76.1 Å². The van der Waals surface area contributed by atoms with Crippen LogP contribution < -0.4 is 14.4 Å². The number of hydrogen-bond acceptors (Lipinski definition) is 5. The lowest BCUT2D eigenvalue weighted by atomic mass is 9.93. The standard InChI is InChI=1S/C31H33NO5/c1-6-36-24-15-16-25(26(18-24)37-7-2)29(33)27-28(22-10-8-9-20(5)17-22)32(31(35)30(27)34)23-13-11-21(12-14-23)19(3)4/h8-19,28,33H,6-7H2,1-5H3/b29-27-. The summed E-state index contributed by atoms with van der Waals surface area (Å²) in [7, 11) is 0. The molecule has 6 heteroatoms. The van der Waals surface area contributed by atoms with Gasteiger partial charge in [0.25, 0.3) is 11.7 Å². The van der Waals surface area contributed by atoms with Crippen LogP contribution in [0.25, 0.3) is 5.76 Å². The van der Waals surface area contributed by atoms with Crippen molar-refractivity contribution in [1.82, 2.24) is 0 Å². The average Bonchev–Trinajstić information content (AvgIpc) is 3.14. The number of aryl methyl sites for hydroxylation is 1. The maximum Gasteiger partial charge on any atom is 0.300 e. The normalized spacial score (nSPS) is 16.9. The number of benzene rings is 3. The lowest BCUT2D eigenvalue weighted by molar-refractivity contribution is -0.132. The highest BCUT2D eigenvalue weighted by atomic mass is 16.5. The van der Waals surface area contributed by atoms with Gasteiger partial charge in [0.2, 0.25) is 0 Å². The number of aliphatic hydroxyl groups is 1. The van der Waals surface area contributed by atoms with Crippen LogP contribution in [0.4, 0.5) is 5.69 Å². The number of nitrogens with zero attached hydrogens (tertiary/aromatic N) is 1. The van der Waals surface area contributed by atoms with Crippen molar-refractivity contribution in [1.29, 1.82) is 0 Å². The first kappa shape index (κ1) is 26.0. The molecule has 4 rings (SSSR count). The first-order valence-corrected chi connectivity index (χ1v) is 12.6. The molecule has 3 aromatic rings. The number of aliphatic hydroxyl groups excluding tert-OH is 1. The number of ether oxygens (including phenoxy) is 2. The summed E-state index contributed by atoms with van der Waals surface area (Å²) in [5.74, 6) is -0.418. The predicted octanol–water partition coefficient (Wildman–Crippen LogP) is 6.54. The Morgan fingerprint density at radius 2 is 1.65 bits per heavy atom. The summed E-state index contributed by atoms with van der Waals surface area (Å²) < 4.78 is 11.4. The van der Waals surface area contributed by atoms with E-state index in [0.29, 0.717) is 41.9 Å². The van der Waals surface area contributed by atoms with Crippen molar-refractivity contribution >= 4 is 23.1 Å². The highest BCUT2D eigenvalue weighted by Gasteiger charge is 2.47. The molecule has 1 amide bonds. The van der Waals surface area contributed by atoms with Crippen LogP contribution in [0.1, 0.15) is 61.9 Å². The van der Waals surface area contributed by atoms with E-state index in [-0.39, 0.29) is 11.3 Å². The number of anilines is 1. The van der Waals surface area contributed by atoms with E-state index < -0.39 is 17.7 Å². The third-order valence-corrected chi connectivity index (χ3v) is 6.46. The minimum atomic E-state index is -0.800. The summed E-state index contributed by atoms with van der Waals surface area (Å²) in [6.45, 7) is 10.7. The lowest BCUT2D eigenvalue weighted by Gasteiger charge is -2.26. The Balaban J connectivity index is 1.92. The highest BCUT2D eigenvalue weighted by molar-refractivity contribution is 6.51. The molecule has 192 valence electrons. The Morgan fingerprint density at radius 3 is 2.27 bits per heavy atom. The summed E-state index contributed by atoms with van der Waals surface area (Å²) in [6.07, 6.45) is 0. The number of hydrogen-bond donors (Lipinski definition) is 1. The van der Waals surface area contributed by atoms with Gasteiger partial charge in [0.15, 0.2) is 0 Å². The van der Waals surface area contributed by atoms with Crippen LogP contribution in [0.5, 0.6) is 11.5 Å². The highest BCUT2D eigenvalue weighted by Crippen LogP contribution is 2.44. The first-order chi connectivity index (χ1) is 17.8.